The van der Waals surface area contributed by atoms with Crippen molar-refractivity contribution in [3.63, 3.8) is 0 Å². The highest BCUT2D eigenvalue weighted by Crippen LogP contribution is 2.30. The summed E-state index contributed by atoms with van der Waals surface area (Å²) in [6, 6.07) is 12.2. The van der Waals surface area contributed by atoms with E-state index in [9.17, 15) is 26.4 Å². The molecule has 0 amide bonds. The fourth-order valence-electron chi connectivity index (χ4n) is 5.07. The third kappa shape index (κ3) is 8.36. The molecule has 1 aliphatic rings. The molecule has 2 aromatic rings. The van der Waals surface area contributed by atoms with Gasteiger partial charge in [0.25, 0.3) is 0 Å². The number of aldehydes is 1. The van der Waals surface area contributed by atoms with Crippen molar-refractivity contribution in [3.05, 3.63) is 65.2 Å². The summed E-state index contributed by atoms with van der Waals surface area (Å²) < 4.78 is 67.8. The predicted molar refractivity (Wildman–Crippen MR) is 142 cm³/mol. The third-order valence-electron chi connectivity index (χ3n) is 7.34. The average molecular weight is 554 g/mol. The number of carbonyl (C=O) groups is 1. The van der Waals surface area contributed by atoms with Crippen molar-refractivity contribution in [1.82, 2.24) is 14.5 Å². The number of nitrogens with one attached hydrogen (secondary N) is 1. The highest BCUT2D eigenvalue weighted by Gasteiger charge is 2.31. The minimum atomic E-state index is -4.35. The zero-order valence-corrected chi connectivity index (χ0v) is 23.1. The highest BCUT2D eigenvalue weighted by molar-refractivity contribution is 7.89. The summed E-state index contributed by atoms with van der Waals surface area (Å²) in [5.74, 6) is 0.376. The van der Waals surface area contributed by atoms with Crippen LogP contribution in [0.2, 0.25) is 0 Å². The number of alkyl halides is 3. The van der Waals surface area contributed by atoms with Gasteiger partial charge in [-0.05, 0) is 82.4 Å². The van der Waals surface area contributed by atoms with Crippen molar-refractivity contribution in [2.24, 2.45) is 5.92 Å². The van der Waals surface area contributed by atoms with E-state index in [1.54, 1.807) is 30.3 Å². The molecule has 38 heavy (non-hydrogen) atoms. The third-order valence-corrected chi connectivity index (χ3v) is 8.81. The van der Waals surface area contributed by atoms with E-state index < -0.39 is 27.9 Å². The molecule has 1 heterocycles. The van der Waals surface area contributed by atoms with Crippen LogP contribution in [0.1, 0.15) is 49.8 Å². The van der Waals surface area contributed by atoms with Gasteiger partial charge < -0.3 is 9.69 Å². The van der Waals surface area contributed by atoms with E-state index in [1.807, 2.05) is 18.7 Å². The molecule has 3 rings (SSSR count). The Balaban J connectivity index is 1.57. The minimum absolute atomic E-state index is 0.0604. The molecule has 1 aliphatic heterocycles. The molecule has 0 spiro atoms. The molecular formula is C28H38F3N3O3S. The summed E-state index contributed by atoms with van der Waals surface area (Å²) in [4.78, 5) is 15.8. The van der Waals surface area contributed by atoms with Gasteiger partial charge in [0.15, 0.2) is 0 Å². The summed E-state index contributed by atoms with van der Waals surface area (Å²) in [7, 11) is -3.77. The van der Waals surface area contributed by atoms with Gasteiger partial charge in [0, 0.05) is 19.0 Å². The van der Waals surface area contributed by atoms with Crippen molar-refractivity contribution in [1.29, 1.82) is 0 Å². The second kappa shape index (κ2) is 13.2. The maximum absolute atomic E-state index is 13.1. The molecule has 10 heteroatoms. The molecule has 2 aromatic carbocycles. The first-order chi connectivity index (χ1) is 17.9. The molecule has 2 atom stereocenters. The van der Waals surface area contributed by atoms with Crippen molar-refractivity contribution < 1.29 is 26.4 Å². The van der Waals surface area contributed by atoms with Gasteiger partial charge in [-0.25, -0.2) is 8.42 Å². The number of piperidine rings is 1. The van der Waals surface area contributed by atoms with Gasteiger partial charge in [0.05, 0.1) is 16.6 Å². The SMILES string of the molecule is CCN(CC1CCN([C@H](CC=O)NS(=O)(=O)c2ccc(C)cc2)CC1)C(C)Cc1cccc(C(F)(F)F)c1. The summed E-state index contributed by atoms with van der Waals surface area (Å²) in [5.41, 5.74) is 0.999. The first kappa shape index (κ1) is 30.3. The van der Waals surface area contributed by atoms with E-state index in [2.05, 4.69) is 16.5 Å². The van der Waals surface area contributed by atoms with E-state index in [-0.39, 0.29) is 17.4 Å². The molecule has 0 aliphatic carbocycles. The zero-order valence-electron chi connectivity index (χ0n) is 22.2. The van der Waals surface area contributed by atoms with Crippen molar-refractivity contribution in [2.45, 2.75) is 69.7 Å². The minimum Gasteiger partial charge on any atom is -0.303 e. The lowest BCUT2D eigenvalue weighted by atomic mass is 9.94. The molecular weight excluding hydrogens is 515 g/mol. The number of carbonyl (C=O) groups excluding carboxylic acids is 1. The standard InChI is InChI=1S/C28H38F3N3O3S/c1-4-33(22(3)18-24-6-5-7-25(19-24)28(29,30)31)20-23-12-15-34(16-13-23)27(14-17-35)32-38(36,37)26-10-8-21(2)9-11-26/h5-11,17,19,22-23,27,32H,4,12-16,18,20H2,1-3H3/t22?,27-/m1/s1. The molecule has 1 unspecified atom stereocenters. The zero-order chi connectivity index (χ0) is 27.9. The number of hydrogen-bond donors (Lipinski definition) is 1. The average Bonchev–Trinajstić information content (AvgIpc) is 2.87. The van der Waals surface area contributed by atoms with Crippen LogP contribution in [-0.2, 0) is 27.4 Å². The van der Waals surface area contributed by atoms with Gasteiger partial charge in [-0.1, -0.05) is 42.8 Å². The van der Waals surface area contributed by atoms with E-state index in [0.29, 0.717) is 31.0 Å². The number of likely N-dealkylation sites (N-methyl/N-ethyl adjacent to an activating group) is 1. The monoisotopic (exact) mass is 553 g/mol. The van der Waals surface area contributed by atoms with E-state index in [1.165, 1.54) is 12.1 Å². The number of halogens is 3. The Morgan fingerprint density at radius 1 is 1.13 bits per heavy atom. The van der Waals surface area contributed by atoms with Gasteiger partial charge >= 0.3 is 6.18 Å². The fourth-order valence-corrected chi connectivity index (χ4v) is 6.31. The highest BCUT2D eigenvalue weighted by atomic mass is 32.2. The number of likely N-dealkylation sites (tertiary alicyclic amines) is 1. The van der Waals surface area contributed by atoms with Crippen LogP contribution < -0.4 is 4.72 Å². The number of sulfonamides is 1. The molecule has 6 nitrogen and oxygen atoms in total. The smallest absolute Gasteiger partial charge is 0.303 e. The Morgan fingerprint density at radius 3 is 2.37 bits per heavy atom. The molecule has 0 radical (unpaired) electrons. The number of hydrogen-bond acceptors (Lipinski definition) is 5. The second-order valence-corrected chi connectivity index (χ2v) is 11.9. The van der Waals surface area contributed by atoms with Gasteiger partial charge in [0.1, 0.15) is 6.29 Å². The summed E-state index contributed by atoms with van der Waals surface area (Å²) >= 11 is 0. The van der Waals surface area contributed by atoms with Crippen LogP contribution in [-0.4, -0.2) is 62.9 Å². The largest absolute Gasteiger partial charge is 0.416 e. The van der Waals surface area contributed by atoms with Crippen molar-refractivity contribution >= 4 is 16.3 Å². The van der Waals surface area contributed by atoms with E-state index in [4.69, 9.17) is 0 Å². The van der Waals surface area contributed by atoms with Gasteiger partial charge in [-0.3, -0.25) is 4.90 Å². The lowest BCUT2D eigenvalue weighted by Gasteiger charge is -2.39. The Hall–Kier alpha value is -2.27. The summed E-state index contributed by atoms with van der Waals surface area (Å²) in [5, 5.41) is 0. The Bertz CT molecular complexity index is 1150. The van der Waals surface area contributed by atoms with Crippen LogP contribution in [0.5, 0.6) is 0 Å². The van der Waals surface area contributed by atoms with Gasteiger partial charge in [-0.2, -0.15) is 17.9 Å². The summed E-state index contributed by atoms with van der Waals surface area (Å²) in [6.07, 6.45) is -1.95. The number of benzene rings is 2. The molecule has 0 aromatic heterocycles. The first-order valence-corrected chi connectivity index (χ1v) is 14.6. The maximum atomic E-state index is 13.1. The lowest BCUT2D eigenvalue weighted by molar-refractivity contribution is -0.137. The normalized spacial score (nSPS) is 17.4. The quantitative estimate of drug-likeness (QED) is 0.380. The molecule has 0 saturated carbocycles. The van der Waals surface area contributed by atoms with Crippen LogP contribution in [0.3, 0.4) is 0 Å². The summed E-state index contributed by atoms with van der Waals surface area (Å²) in [6.45, 7) is 8.88. The van der Waals surface area contributed by atoms with Crippen LogP contribution in [0, 0.1) is 12.8 Å². The number of nitrogens with zero attached hydrogens (tertiary/aromatic N) is 2. The van der Waals surface area contributed by atoms with Crippen LogP contribution in [0.4, 0.5) is 13.2 Å². The Morgan fingerprint density at radius 2 is 1.79 bits per heavy atom. The van der Waals surface area contributed by atoms with Crippen molar-refractivity contribution in [2.75, 3.05) is 26.2 Å². The van der Waals surface area contributed by atoms with Gasteiger partial charge in [-0.15, -0.1) is 0 Å². The fraction of sp³-hybridized carbons (Fsp3) is 0.536. The number of aryl methyl sites for hydroxylation is 1. The first-order valence-electron chi connectivity index (χ1n) is 13.1. The Kier molecular flexibility index (Phi) is 10.5. The predicted octanol–water partition coefficient (Wildman–Crippen LogP) is 4.87. The topological polar surface area (TPSA) is 69.7 Å². The second-order valence-electron chi connectivity index (χ2n) is 10.2. The molecule has 1 saturated heterocycles. The Labute approximate surface area is 224 Å². The molecule has 1 fully saturated rings. The maximum Gasteiger partial charge on any atom is 0.416 e. The molecule has 210 valence electrons. The lowest BCUT2D eigenvalue weighted by Crippen LogP contribution is -2.52. The molecule has 1 N–H and O–H groups in total. The molecule has 0 bridgehead atoms. The van der Waals surface area contributed by atoms with E-state index >= 15 is 0 Å². The van der Waals surface area contributed by atoms with Crippen LogP contribution >= 0.6 is 0 Å². The van der Waals surface area contributed by atoms with Crippen LogP contribution in [0.15, 0.2) is 53.4 Å². The van der Waals surface area contributed by atoms with Gasteiger partial charge in [0.2, 0.25) is 10.0 Å². The number of rotatable bonds is 12. The van der Waals surface area contributed by atoms with Crippen LogP contribution in [0.25, 0.3) is 0 Å². The van der Waals surface area contributed by atoms with E-state index in [0.717, 1.165) is 43.8 Å². The van der Waals surface area contributed by atoms with Crippen molar-refractivity contribution in [3.8, 4) is 0 Å².